The molecule has 1 aromatic carbocycles. The van der Waals surface area contributed by atoms with Gasteiger partial charge in [-0.2, -0.15) is 13.2 Å². The van der Waals surface area contributed by atoms with Gasteiger partial charge in [0.05, 0.1) is 18.5 Å². The van der Waals surface area contributed by atoms with Crippen LogP contribution < -0.4 is 15.4 Å². The Kier molecular flexibility index (Phi) is 7.26. The van der Waals surface area contributed by atoms with Crippen molar-refractivity contribution >= 4 is 17.8 Å². The fraction of sp³-hybridized carbons (Fsp3) is 0.517. The van der Waals surface area contributed by atoms with Crippen molar-refractivity contribution in [3.63, 3.8) is 0 Å². The van der Waals surface area contributed by atoms with Crippen molar-refractivity contribution in [2.75, 3.05) is 0 Å². The molecule has 5 rings (SSSR count). The number of hydrogen-bond acceptors (Lipinski definition) is 5. The van der Waals surface area contributed by atoms with Crippen molar-refractivity contribution in [1.29, 1.82) is 5.41 Å². The Morgan fingerprint density at radius 1 is 1.25 bits per heavy atom. The van der Waals surface area contributed by atoms with E-state index in [1.165, 1.54) is 11.0 Å². The molecule has 2 aliphatic heterocycles. The smallest absolute Gasteiger partial charge is 0.425 e. The molecule has 3 N–H and O–H groups in total. The van der Waals surface area contributed by atoms with Crippen molar-refractivity contribution in [2.24, 2.45) is 17.8 Å². The summed E-state index contributed by atoms with van der Waals surface area (Å²) in [7, 11) is 0. The Bertz CT molecular complexity index is 1260. The Morgan fingerprint density at radius 3 is 2.60 bits per heavy atom. The van der Waals surface area contributed by atoms with Crippen LogP contribution in [0.4, 0.5) is 13.2 Å². The molecule has 6 atom stereocenters. The number of guanidine groups is 1. The van der Waals surface area contributed by atoms with E-state index in [9.17, 15) is 22.8 Å². The van der Waals surface area contributed by atoms with Gasteiger partial charge in [0.2, 0.25) is 11.8 Å². The summed E-state index contributed by atoms with van der Waals surface area (Å²) < 4.78 is 46.0. The Labute approximate surface area is 231 Å². The number of halogens is 3. The van der Waals surface area contributed by atoms with Crippen molar-refractivity contribution < 1.29 is 27.5 Å². The van der Waals surface area contributed by atoms with Crippen molar-refractivity contribution in [3.8, 4) is 5.75 Å². The van der Waals surface area contributed by atoms with Gasteiger partial charge in [0.25, 0.3) is 0 Å². The number of fused-ring (bicyclic) bond motifs is 1. The minimum atomic E-state index is -4.58. The number of alkyl halides is 3. The number of pyridine rings is 1. The standard InChI is InChI=1S/C29H34F3N5O3/c1-4-28(5-2)14-22(38)37(27(33)36-28)25(17-9-8-12-34-15-17)23-16(3)24(23)26(39)35-19-13-21(29(30,31)32)40-20-11-7-6-10-18(19)20/h6-12,15-16,19,21,23-25H,4-5,13-14H2,1-3H3,(H2,33,36)(H,35,39)/t16?,19-,21?,23?,24+,25-/m0/s1. The maximum Gasteiger partial charge on any atom is 0.425 e. The van der Waals surface area contributed by atoms with Gasteiger partial charge in [-0.3, -0.25) is 24.9 Å². The van der Waals surface area contributed by atoms with Gasteiger partial charge in [0.15, 0.2) is 12.1 Å². The van der Waals surface area contributed by atoms with Gasteiger partial charge in [-0.1, -0.05) is 45.0 Å². The Balaban J connectivity index is 1.41. The molecule has 40 heavy (non-hydrogen) atoms. The first-order valence-electron chi connectivity index (χ1n) is 13.7. The topological polar surface area (TPSA) is 107 Å². The van der Waals surface area contributed by atoms with Crippen LogP contribution in [0.1, 0.15) is 69.7 Å². The number of para-hydroxylation sites is 1. The van der Waals surface area contributed by atoms with Gasteiger partial charge in [-0.25, -0.2) is 0 Å². The van der Waals surface area contributed by atoms with Crippen molar-refractivity contribution in [2.45, 2.75) is 76.4 Å². The quantitative estimate of drug-likeness (QED) is 0.449. The number of benzene rings is 1. The van der Waals surface area contributed by atoms with Gasteiger partial charge >= 0.3 is 6.18 Å². The van der Waals surface area contributed by atoms with Crippen LogP contribution in [0.25, 0.3) is 0 Å². The number of nitrogens with zero attached hydrogens (tertiary/aromatic N) is 2. The second-order valence-electron chi connectivity index (χ2n) is 11.1. The third kappa shape index (κ3) is 5.01. The SMILES string of the molecule is CCC1(CC)CC(=O)N([C@@H](c2cccnc2)C2C(C)[C@H]2C(=O)N[C@H]2CC(C(F)(F)F)Oc3ccccc32)C(=N)N1. The molecular formula is C29H34F3N5O3. The first-order valence-corrected chi connectivity index (χ1v) is 13.7. The van der Waals surface area contributed by atoms with E-state index >= 15 is 0 Å². The largest absolute Gasteiger partial charge is 0.480 e. The molecule has 8 nitrogen and oxygen atoms in total. The molecule has 3 heterocycles. The zero-order valence-electron chi connectivity index (χ0n) is 22.7. The van der Waals surface area contributed by atoms with Gasteiger partial charge in [-0.05, 0) is 42.4 Å². The van der Waals surface area contributed by atoms with Crippen LogP contribution in [0.15, 0.2) is 48.8 Å². The molecule has 0 spiro atoms. The molecule has 11 heteroatoms. The zero-order valence-corrected chi connectivity index (χ0v) is 22.7. The second-order valence-corrected chi connectivity index (χ2v) is 11.1. The van der Waals surface area contributed by atoms with E-state index in [-0.39, 0.29) is 41.8 Å². The van der Waals surface area contributed by atoms with Crippen LogP contribution >= 0.6 is 0 Å². The van der Waals surface area contributed by atoms with Crippen LogP contribution in [0, 0.1) is 23.2 Å². The summed E-state index contributed by atoms with van der Waals surface area (Å²) in [5.74, 6) is -1.58. The Hall–Kier alpha value is -3.63. The lowest BCUT2D eigenvalue weighted by Crippen LogP contribution is -2.62. The molecule has 1 aromatic heterocycles. The lowest BCUT2D eigenvalue weighted by atomic mass is 9.85. The van der Waals surface area contributed by atoms with E-state index < -0.39 is 42.2 Å². The van der Waals surface area contributed by atoms with Gasteiger partial charge in [-0.15, -0.1) is 0 Å². The average Bonchev–Trinajstić information content (AvgIpc) is 3.60. The normalized spacial score (nSPS) is 28.1. The maximum absolute atomic E-state index is 13.6. The fourth-order valence-corrected chi connectivity index (χ4v) is 6.33. The van der Waals surface area contributed by atoms with Gasteiger partial charge < -0.3 is 15.4 Å². The van der Waals surface area contributed by atoms with Crippen LogP contribution in [0.2, 0.25) is 0 Å². The summed E-state index contributed by atoms with van der Waals surface area (Å²) in [6.07, 6.45) is -2.21. The van der Waals surface area contributed by atoms with Crippen LogP contribution in [-0.2, 0) is 9.59 Å². The first kappa shape index (κ1) is 27.9. The van der Waals surface area contributed by atoms with Crippen LogP contribution in [0.3, 0.4) is 0 Å². The van der Waals surface area contributed by atoms with Crippen LogP contribution in [0.5, 0.6) is 5.75 Å². The maximum atomic E-state index is 13.6. The number of aromatic nitrogens is 1. The highest BCUT2D eigenvalue weighted by molar-refractivity contribution is 6.00. The van der Waals surface area contributed by atoms with E-state index in [0.29, 0.717) is 24.0 Å². The summed E-state index contributed by atoms with van der Waals surface area (Å²) in [5.41, 5.74) is 0.697. The van der Waals surface area contributed by atoms with E-state index in [2.05, 4.69) is 15.6 Å². The summed E-state index contributed by atoms with van der Waals surface area (Å²) in [6, 6.07) is 8.50. The molecule has 1 saturated heterocycles. The molecule has 0 radical (unpaired) electrons. The third-order valence-electron chi connectivity index (χ3n) is 8.85. The third-order valence-corrected chi connectivity index (χ3v) is 8.85. The van der Waals surface area contributed by atoms with Gasteiger partial charge in [0.1, 0.15) is 5.75 Å². The van der Waals surface area contributed by atoms with E-state index in [4.69, 9.17) is 10.1 Å². The number of ether oxygens (including phenoxy) is 1. The lowest BCUT2D eigenvalue weighted by Gasteiger charge is -2.45. The molecule has 3 aliphatic rings. The number of carbonyl (C=O) groups excluding carboxylic acids is 2. The average molecular weight is 558 g/mol. The van der Waals surface area contributed by atoms with E-state index in [1.54, 1.807) is 36.7 Å². The highest BCUT2D eigenvalue weighted by Crippen LogP contribution is 2.56. The minimum absolute atomic E-state index is 0.0153. The molecular weight excluding hydrogens is 523 g/mol. The summed E-state index contributed by atoms with van der Waals surface area (Å²) >= 11 is 0. The summed E-state index contributed by atoms with van der Waals surface area (Å²) in [5, 5.41) is 14.9. The number of hydrogen-bond donors (Lipinski definition) is 3. The van der Waals surface area contributed by atoms with E-state index in [0.717, 1.165) is 0 Å². The van der Waals surface area contributed by atoms with E-state index in [1.807, 2.05) is 26.8 Å². The number of nitrogens with one attached hydrogen (secondary N) is 3. The van der Waals surface area contributed by atoms with Crippen molar-refractivity contribution in [1.82, 2.24) is 20.5 Å². The lowest BCUT2D eigenvalue weighted by molar-refractivity contribution is -0.201. The molecule has 2 fully saturated rings. The highest BCUT2D eigenvalue weighted by Gasteiger charge is 2.60. The minimum Gasteiger partial charge on any atom is -0.480 e. The second kappa shape index (κ2) is 10.4. The zero-order chi connectivity index (χ0) is 28.8. The Morgan fingerprint density at radius 2 is 1.98 bits per heavy atom. The molecule has 214 valence electrons. The van der Waals surface area contributed by atoms with Crippen molar-refractivity contribution in [3.05, 3.63) is 59.9 Å². The number of carbonyl (C=O) groups is 2. The monoisotopic (exact) mass is 557 g/mol. The predicted molar refractivity (Wildman–Crippen MR) is 141 cm³/mol. The molecule has 1 saturated carbocycles. The highest BCUT2D eigenvalue weighted by atomic mass is 19.4. The summed E-state index contributed by atoms with van der Waals surface area (Å²) in [6.45, 7) is 5.85. The number of rotatable bonds is 7. The van der Waals surface area contributed by atoms with Crippen LogP contribution in [-0.4, -0.2) is 45.5 Å². The molecule has 0 bridgehead atoms. The first-order chi connectivity index (χ1) is 19.0. The molecule has 2 aromatic rings. The molecule has 2 amide bonds. The summed E-state index contributed by atoms with van der Waals surface area (Å²) in [4.78, 5) is 32.8. The van der Waals surface area contributed by atoms with Gasteiger partial charge in [0, 0.05) is 35.8 Å². The molecule has 1 aliphatic carbocycles. The predicted octanol–water partition coefficient (Wildman–Crippen LogP) is 4.89. The molecule has 3 unspecified atom stereocenters. The number of amides is 2. The fourth-order valence-electron chi connectivity index (χ4n) is 6.33.